The minimum atomic E-state index is 0.0703. The number of hydrogen-bond donors (Lipinski definition) is 0. The molecule has 0 bridgehead atoms. The lowest BCUT2D eigenvalue weighted by atomic mass is 10.1. The summed E-state index contributed by atoms with van der Waals surface area (Å²) in [6, 6.07) is 16.2. The predicted octanol–water partition coefficient (Wildman–Crippen LogP) is 3.88. The zero-order valence-corrected chi connectivity index (χ0v) is 15.9. The molecule has 1 atom stereocenters. The zero-order valence-electron chi connectivity index (χ0n) is 15.9. The molecule has 1 saturated heterocycles. The molecule has 26 heavy (non-hydrogen) atoms. The Hall–Kier alpha value is -2.33. The van der Waals surface area contributed by atoms with E-state index in [0.29, 0.717) is 13.1 Å². The van der Waals surface area contributed by atoms with Gasteiger partial charge in [0.05, 0.1) is 6.10 Å². The van der Waals surface area contributed by atoms with Crippen LogP contribution in [0.2, 0.25) is 0 Å². The monoisotopic (exact) mass is 352 g/mol. The van der Waals surface area contributed by atoms with Crippen molar-refractivity contribution in [3.63, 3.8) is 0 Å². The van der Waals surface area contributed by atoms with Crippen molar-refractivity contribution in [3.8, 4) is 0 Å². The van der Waals surface area contributed by atoms with Crippen molar-refractivity contribution >= 4 is 11.6 Å². The highest BCUT2D eigenvalue weighted by molar-refractivity contribution is 5.94. The molecule has 0 radical (unpaired) electrons. The highest BCUT2D eigenvalue weighted by atomic mass is 16.5. The van der Waals surface area contributed by atoms with E-state index < -0.39 is 0 Å². The fraction of sp³-hybridized carbons (Fsp3) is 0.409. The van der Waals surface area contributed by atoms with Crippen LogP contribution < -0.4 is 4.90 Å². The van der Waals surface area contributed by atoms with E-state index in [9.17, 15) is 4.79 Å². The van der Waals surface area contributed by atoms with Crippen molar-refractivity contribution in [1.82, 2.24) is 4.90 Å². The van der Waals surface area contributed by atoms with E-state index in [1.807, 2.05) is 50.2 Å². The molecular weight excluding hydrogens is 324 g/mol. The Labute approximate surface area is 156 Å². The molecule has 1 fully saturated rings. The Morgan fingerprint density at radius 3 is 2.54 bits per heavy atom. The van der Waals surface area contributed by atoms with Crippen molar-refractivity contribution in [1.29, 1.82) is 0 Å². The van der Waals surface area contributed by atoms with Gasteiger partial charge in [-0.05, 0) is 49.6 Å². The Kier molecular flexibility index (Phi) is 5.94. The topological polar surface area (TPSA) is 32.8 Å². The third-order valence-corrected chi connectivity index (χ3v) is 4.83. The minimum absolute atomic E-state index is 0.0703. The number of carbonyl (C=O) groups excluding carboxylic acids is 1. The number of ether oxygens (including phenoxy) is 1. The van der Waals surface area contributed by atoms with E-state index in [1.165, 1.54) is 0 Å². The average Bonchev–Trinajstić information content (AvgIpc) is 3.14. The SMILES string of the molecule is Cc1cccc(C(=O)N(Cc2ccc(N(C)C)cc2)CC2CCCO2)c1. The fourth-order valence-corrected chi connectivity index (χ4v) is 3.33. The maximum Gasteiger partial charge on any atom is 0.254 e. The van der Waals surface area contributed by atoms with Crippen LogP contribution in [0.25, 0.3) is 0 Å². The van der Waals surface area contributed by atoms with Crippen LogP contribution in [-0.4, -0.2) is 44.2 Å². The van der Waals surface area contributed by atoms with Gasteiger partial charge < -0.3 is 14.5 Å². The lowest BCUT2D eigenvalue weighted by molar-refractivity contribution is 0.0507. The van der Waals surface area contributed by atoms with Gasteiger partial charge in [0.1, 0.15) is 0 Å². The van der Waals surface area contributed by atoms with Crippen LogP contribution in [0.4, 0.5) is 5.69 Å². The normalized spacial score (nSPS) is 16.5. The molecule has 4 heteroatoms. The van der Waals surface area contributed by atoms with Gasteiger partial charge in [-0.15, -0.1) is 0 Å². The Balaban J connectivity index is 1.79. The average molecular weight is 352 g/mol. The molecule has 1 aliphatic heterocycles. The summed E-state index contributed by atoms with van der Waals surface area (Å²) in [4.78, 5) is 17.1. The van der Waals surface area contributed by atoms with Gasteiger partial charge in [0.2, 0.25) is 0 Å². The number of rotatable bonds is 6. The minimum Gasteiger partial charge on any atom is -0.378 e. The molecule has 0 aromatic heterocycles. The molecule has 4 nitrogen and oxygen atoms in total. The Morgan fingerprint density at radius 2 is 1.92 bits per heavy atom. The number of hydrogen-bond acceptors (Lipinski definition) is 3. The molecule has 1 aliphatic rings. The molecule has 138 valence electrons. The second kappa shape index (κ2) is 8.37. The molecule has 1 heterocycles. The number of carbonyl (C=O) groups is 1. The van der Waals surface area contributed by atoms with Gasteiger partial charge in [0.25, 0.3) is 5.91 Å². The quantitative estimate of drug-likeness (QED) is 0.791. The summed E-state index contributed by atoms with van der Waals surface area (Å²) in [6.45, 7) is 4.05. The zero-order chi connectivity index (χ0) is 18.5. The predicted molar refractivity (Wildman–Crippen MR) is 106 cm³/mol. The molecule has 0 spiro atoms. The lowest BCUT2D eigenvalue weighted by Gasteiger charge is -2.26. The largest absolute Gasteiger partial charge is 0.378 e. The molecule has 3 rings (SSSR count). The molecule has 0 N–H and O–H groups in total. The molecule has 2 aromatic rings. The fourth-order valence-electron chi connectivity index (χ4n) is 3.33. The lowest BCUT2D eigenvalue weighted by Crippen LogP contribution is -2.37. The van der Waals surface area contributed by atoms with Crippen molar-refractivity contribution in [2.75, 3.05) is 32.1 Å². The van der Waals surface area contributed by atoms with Gasteiger partial charge in [-0.2, -0.15) is 0 Å². The summed E-state index contributed by atoms with van der Waals surface area (Å²) in [6.07, 6.45) is 2.25. The summed E-state index contributed by atoms with van der Waals surface area (Å²) in [5, 5.41) is 0. The number of anilines is 1. The summed E-state index contributed by atoms with van der Waals surface area (Å²) in [5.74, 6) is 0.0703. The van der Waals surface area contributed by atoms with Crippen molar-refractivity contribution < 1.29 is 9.53 Å². The second-order valence-corrected chi connectivity index (χ2v) is 7.25. The van der Waals surface area contributed by atoms with E-state index in [0.717, 1.165) is 41.8 Å². The first-order chi connectivity index (χ1) is 12.5. The Bertz CT molecular complexity index is 734. The van der Waals surface area contributed by atoms with Crippen LogP contribution in [0.15, 0.2) is 48.5 Å². The maximum absolute atomic E-state index is 13.1. The molecule has 1 unspecified atom stereocenters. The smallest absolute Gasteiger partial charge is 0.254 e. The van der Waals surface area contributed by atoms with Crippen LogP contribution in [0.5, 0.6) is 0 Å². The van der Waals surface area contributed by atoms with Crippen LogP contribution in [0.1, 0.15) is 34.3 Å². The van der Waals surface area contributed by atoms with E-state index in [2.05, 4.69) is 29.2 Å². The Morgan fingerprint density at radius 1 is 1.15 bits per heavy atom. The maximum atomic E-state index is 13.1. The van der Waals surface area contributed by atoms with Gasteiger partial charge in [-0.1, -0.05) is 29.8 Å². The van der Waals surface area contributed by atoms with Gasteiger partial charge in [0.15, 0.2) is 0 Å². The van der Waals surface area contributed by atoms with Gasteiger partial charge in [0, 0.05) is 45.0 Å². The molecule has 1 amide bonds. The second-order valence-electron chi connectivity index (χ2n) is 7.25. The third kappa shape index (κ3) is 4.64. The summed E-state index contributed by atoms with van der Waals surface area (Å²) < 4.78 is 5.78. The molecule has 2 aromatic carbocycles. The molecule has 0 aliphatic carbocycles. The van der Waals surface area contributed by atoms with E-state index in [4.69, 9.17) is 4.74 Å². The number of amides is 1. The van der Waals surface area contributed by atoms with Crippen molar-refractivity contribution in [3.05, 3.63) is 65.2 Å². The van der Waals surface area contributed by atoms with Gasteiger partial charge >= 0.3 is 0 Å². The van der Waals surface area contributed by atoms with Crippen LogP contribution in [0, 0.1) is 6.92 Å². The first-order valence-corrected chi connectivity index (χ1v) is 9.27. The number of benzene rings is 2. The standard InChI is InChI=1S/C22H28N2O2/c1-17-6-4-7-19(14-17)22(25)24(16-21-8-5-13-26-21)15-18-9-11-20(12-10-18)23(2)3/h4,6-7,9-12,14,21H,5,8,13,15-16H2,1-3H3. The van der Waals surface area contributed by atoms with E-state index in [1.54, 1.807) is 0 Å². The highest BCUT2D eigenvalue weighted by Crippen LogP contribution is 2.19. The van der Waals surface area contributed by atoms with E-state index in [-0.39, 0.29) is 12.0 Å². The van der Waals surface area contributed by atoms with Crippen LogP contribution in [0.3, 0.4) is 0 Å². The summed E-state index contributed by atoms with van der Waals surface area (Å²) in [7, 11) is 4.06. The first-order valence-electron chi connectivity index (χ1n) is 9.27. The highest BCUT2D eigenvalue weighted by Gasteiger charge is 2.23. The molecule has 0 saturated carbocycles. The van der Waals surface area contributed by atoms with Crippen LogP contribution in [-0.2, 0) is 11.3 Å². The molecular formula is C22H28N2O2. The van der Waals surface area contributed by atoms with Crippen molar-refractivity contribution in [2.24, 2.45) is 0 Å². The van der Waals surface area contributed by atoms with Crippen LogP contribution >= 0.6 is 0 Å². The van der Waals surface area contributed by atoms with Crippen molar-refractivity contribution in [2.45, 2.75) is 32.4 Å². The van der Waals surface area contributed by atoms with Gasteiger partial charge in [-0.25, -0.2) is 0 Å². The summed E-state index contributed by atoms with van der Waals surface area (Å²) >= 11 is 0. The number of nitrogens with zero attached hydrogens (tertiary/aromatic N) is 2. The van der Waals surface area contributed by atoms with E-state index >= 15 is 0 Å². The first kappa shape index (κ1) is 18.5. The summed E-state index contributed by atoms with van der Waals surface area (Å²) in [5.41, 5.74) is 4.13. The number of aryl methyl sites for hydroxylation is 1. The van der Waals surface area contributed by atoms with Gasteiger partial charge in [-0.3, -0.25) is 4.79 Å². The third-order valence-electron chi connectivity index (χ3n) is 4.83.